The minimum atomic E-state index is 0.392. The van der Waals surface area contributed by atoms with Gasteiger partial charge >= 0.3 is 0 Å². The summed E-state index contributed by atoms with van der Waals surface area (Å²) in [7, 11) is 2.12. The maximum absolute atomic E-state index is 6.03. The first-order chi connectivity index (χ1) is 11.2. The van der Waals surface area contributed by atoms with Crippen LogP contribution in [0.25, 0.3) is 0 Å². The Bertz CT molecular complexity index is 564. The summed E-state index contributed by atoms with van der Waals surface area (Å²) >= 11 is 0. The number of ether oxygens (including phenoxy) is 1. The highest BCUT2D eigenvalue weighted by Gasteiger charge is 2.66. The van der Waals surface area contributed by atoms with Gasteiger partial charge in [0, 0.05) is 49.5 Å². The lowest BCUT2D eigenvalue weighted by Gasteiger charge is -2.63. The summed E-state index contributed by atoms with van der Waals surface area (Å²) in [4.78, 5) is 10.2. The molecule has 126 valence electrons. The van der Waals surface area contributed by atoms with Crippen LogP contribution in [0.1, 0.15) is 38.3 Å². The molecule has 5 nitrogen and oxygen atoms in total. The van der Waals surface area contributed by atoms with Crippen molar-refractivity contribution in [2.45, 2.75) is 51.3 Å². The highest BCUT2D eigenvalue weighted by Crippen LogP contribution is 2.62. The number of nitrogens with zero attached hydrogens (tertiary/aromatic N) is 2. The van der Waals surface area contributed by atoms with Crippen molar-refractivity contribution in [2.24, 2.45) is 16.3 Å². The number of aliphatic imine (C=N–C) groups is 1. The number of aromatic nitrogens is 1. The van der Waals surface area contributed by atoms with Crippen molar-refractivity contribution < 1.29 is 4.74 Å². The van der Waals surface area contributed by atoms with E-state index in [2.05, 4.69) is 35.2 Å². The van der Waals surface area contributed by atoms with Gasteiger partial charge in [0.2, 0.25) is 0 Å². The van der Waals surface area contributed by atoms with Gasteiger partial charge in [-0.15, -0.1) is 0 Å². The number of hydrogen-bond donors (Lipinski definition) is 2. The predicted molar refractivity (Wildman–Crippen MR) is 91.3 cm³/mol. The third-order valence-electron chi connectivity index (χ3n) is 6.06. The number of guanidine groups is 1. The zero-order valence-electron chi connectivity index (χ0n) is 14.2. The van der Waals surface area contributed by atoms with E-state index in [0.717, 1.165) is 25.7 Å². The molecular weight excluding hydrogens is 288 g/mol. The van der Waals surface area contributed by atoms with Gasteiger partial charge in [-0.2, -0.15) is 0 Å². The van der Waals surface area contributed by atoms with Crippen LogP contribution in [0.3, 0.4) is 0 Å². The normalized spacial score (nSPS) is 31.4. The van der Waals surface area contributed by atoms with E-state index in [0.29, 0.717) is 23.5 Å². The first-order valence-electron chi connectivity index (χ1n) is 9.00. The molecule has 3 unspecified atom stereocenters. The third kappa shape index (κ3) is 2.36. The first-order valence-corrected chi connectivity index (χ1v) is 9.00. The van der Waals surface area contributed by atoms with E-state index in [1.807, 2.05) is 12.3 Å². The Hall–Kier alpha value is -1.49. The van der Waals surface area contributed by atoms with Crippen LogP contribution in [0.5, 0.6) is 0 Å². The Morgan fingerprint density at radius 1 is 1.52 bits per heavy atom. The van der Waals surface area contributed by atoms with Crippen LogP contribution < -0.4 is 5.32 Å². The lowest BCUT2D eigenvalue weighted by atomic mass is 9.46. The second kappa shape index (κ2) is 5.86. The van der Waals surface area contributed by atoms with Gasteiger partial charge in [0.05, 0.1) is 12.6 Å². The van der Waals surface area contributed by atoms with Crippen LogP contribution in [-0.4, -0.2) is 48.2 Å². The van der Waals surface area contributed by atoms with Crippen molar-refractivity contribution in [1.29, 1.82) is 0 Å². The molecule has 1 aliphatic heterocycles. The smallest absolute Gasteiger partial charge is 0.194 e. The van der Waals surface area contributed by atoms with Crippen molar-refractivity contribution in [3.63, 3.8) is 0 Å². The molecule has 1 aromatic heterocycles. The first kappa shape index (κ1) is 15.1. The number of nitrogens with one attached hydrogen (secondary N) is 2. The number of fused-ring (bicyclic) bond motifs is 2. The zero-order chi connectivity index (χ0) is 15.9. The Balaban J connectivity index is 1.47. The van der Waals surface area contributed by atoms with E-state index in [4.69, 9.17) is 9.73 Å². The van der Waals surface area contributed by atoms with Crippen molar-refractivity contribution in [1.82, 2.24) is 15.2 Å². The van der Waals surface area contributed by atoms with Gasteiger partial charge in [0.25, 0.3) is 0 Å². The van der Waals surface area contributed by atoms with Crippen molar-refractivity contribution >= 4 is 5.96 Å². The molecule has 0 amide bonds. The maximum Gasteiger partial charge on any atom is 0.194 e. The van der Waals surface area contributed by atoms with Crippen molar-refractivity contribution in [3.8, 4) is 0 Å². The standard InChI is InChI=1S/C18H28N4O/c1-3-19-17(22(2)12-13-6-4-10-20-13)21-15-14-7-11-23-16(14)18(15)8-5-9-18/h4,6,10,14-16,20H,3,5,7-9,11-12H2,1-2H3,(H,19,21). The molecule has 2 saturated carbocycles. The lowest BCUT2D eigenvalue weighted by molar-refractivity contribution is -0.171. The van der Waals surface area contributed by atoms with E-state index in [1.54, 1.807) is 0 Å². The molecule has 1 aromatic rings. The second-order valence-corrected chi connectivity index (χ2v) is 7.30. The van der Waals surface area contributed by atoms with Crippen molar-refractivity contribution in [2.75, 3.05) is 20.2 Å². The van der Waals surface area contributed by atoms with Gasteiger partial charge in [-0.05, 0) is 38.3 Å². The molecule has 5 heteroatoms. The van der Waals surface area contributed by atoms with E-state index >= 15 is 0 Å². The fourth-order valence-corrected chi connectivity index (χ4v) is 4.82. The van der Waals surface area contributed by atoms with E-state index in [9.17, 15) is 0 Å². The Morgan fingerprint density at radius 3 is 3.04 bits per heavy atom. The van der Waals surface area contributed by atoms with E-state index < -0.39 is 0 Å². The number of hydrogen-bond acceptors (Lipinski definition) is 2. The predicted octanol–water partition coefficient (Wildman–Crippen LogP) is 2.37. The van der Waals surface area contributed by atoms with Crippen LogP contribution in [0, 0.1) is 11.3 Å². The van der Waals surface area contributed by atoms with E-state index in [1.165, 1.54) is 31.4 Å². The topological polar surface area (TPSA) is 52.7 Å². The molecule has 0 radical (unpaired) electrons. The van der Waals surface area contributed by atoms with Gasteiger partial charge in [0.15, 0.2) is 5.96 Å². The quantitative estimate of drug-likeness (QED) is 0.662. The number of rotatable bonds is 4. The molecule has 3 atom stereocenters. The van der Waals surface area contributed by atoms with Crippen LogP contribution in [0.4, 0.5) is 0 Å². The van der Waals surface area contributed by atoms with Gasteiger partial charge in [-0.3, -0.25) is 4.99 Å². The van der Waals surface area contributed by atoms with Crippen LogP contribution in [0.2, 0.25) is 0 Å². The minimum Gasteiger partial charge on any atom is -0.377 e. The molecule has 2 heterocycles. The monoisotopic (exact) mass is 316 g/mol. The molecule has 0 aromatic carbocycles. The summed E-state index contributed by atoms with van der Waals surface area (Å²) in [5, 5.41) is 3.81. The van der Waals surface area contributed by atoms with Crippen molar-refractivity contribution in [3.05, 3.63) is 24.0 Å². The average Bonchev–Trinajstić information content (AvgIpc) is 3.12. The third-order valence-corrected chi connectivity index (χ3v) is 6.06. The summed E-state index contributed by atoms with van der Waals surface area (Å²) in [6.07, 6.45) is 7.65. The van der Waals surface area contributed by atoms with Gasteiger partial charge in [-0.1, -0.05) is 6.42 Å². The molecule has 1 spiro atoms. The highest BCUT2D eigenvalue weighted by atomic mass is 16.5. The summed E-state index contributed by atoms with van der Waals surface area (Å²) in [6.45, 7) is 4.70. The highest BCUT2D eigenvalue weighted by molar-refractivity contribution is 5.80. The Morgan fingerprint density at radius 2 is 2.39 bits per heavy atom. The SMILES string of the molecule is CCN=C(NC1C2CCOC2C12CCC2)N(C)Cc1ccc[nH]1. The molecule has 23 heavy (non-hydrogen) atoms. The fraction of sp³-hybridized carbons (Fsp3) is 0.722. The minimum absolute atomic E-state index is 0.392. The molecule has 4 rings (SSSR count). The summed E-state index contributed by atoms with van der Waals surface area (Å²) in [6, 6.07) is 4.71. The fourth-order valence-electron chi connectivity index (χ4n) is 4.82. The van der Waals surface area contributed by atoms with Crippen LogP contribution in [-0.2, 0) is 11.3 Å². The van der Waals surface area contributed by atoms with E-state index in [-0.39, 0.29) is 0 Å². The molecule has 0 bridgehead atoms. The molecular formula is C18H28N4O. The molecule has 2 aliphatic carbocycles. The Labute approximate surface area is 138 Å². The zero-order valence-corrected chi connectivity index (χ0v) is 14.2. The van der Waals surface area contributed by atoms with Gasteiger partial charge in [0.1, 0.15) is 0 Å². The van der Waals surface area contributed by atoms with Crippen LogP contribution in [0.15, 0.2) is 23.3 Å². The average molecular weight is 316 g/mol. The summed E-state index contributed by atoms with van der Waals surface area (Å²) in [5.41, 5.74) is 1.61. The summed E-state index contributed by atoms with van der Waals surface area (Å²) in [5.74, 6) is 1.71. The Kier molecular flexibility index (Phi) is 3.84. The lowest BCUT2D eigenvalue weighted by Crippen LogP contribution is -2.72. The van der Waals surface area contributed by atoms with Gasteiger partial charge < -0.3 is 19.9 Å². The summed E-state index contributed by atoms with van der Waals surface area (Å²) < 4.78 is 6.03. The number of H-pyrrole nitrogens is 1. The van der Waals surface area contributed by atoms with Crippen LogP contribution >= 0.6 is 0 Å². The maximum atomic E-state index is 6.03. The second-order valence-electron chi connectivity index (χ2n) is 7.30. The number of aromatic amines is 1. The largest absolute Gasteiger partial charge is 0.377 e. The molecule has 1 saturated heterocycles. The van der Waals surface area contributed by atoms with Gasteiger partial charge in [-0.25, -0.2) is 0 Å². The molecule has 3 aliphatic rings. The molecule has 2 N–H and O–H groups in total. The molecule has 3 fully saturated rings.